The van der Waals surface area contributed by atoms with E-state index >= 15 is 0 Å². The molecule has 0 N–H and O–H groups in total. The standard InChI is InChI=1S/C17H13ClN2OS/c1-10-8-14-15(22-10)7-2-11-9-16(21)20(19-17(11)14)13-5-3-12(18)4-6-13/h3-6,8-9H,2,7H2,1H3. The van der Waals surface area contributed by atoms with Crippen LogP contribution in [0.3, 0.4) is 0 Å². The van der Waals surface area contributed by atoms with Crippen molar-refractivity contribution in [1.29, 1.82) is 0 Å². The summed E-state index contributed by atoms with van der Waals surface area (Å²) in [5, 5.41) is 5.28. The third kappa shape index (κ3) is 2.19. The maximum absolute atomic E-state index is 12.4. The minimum absolute atomic E-state index is 0.100. The first kappa shape index (κ1) is 13.7. The lowest BCUT2D eigenvalue weighted by Crippen LogP contribution is -2.23. The van der Waals surface area contributed by atoms with Crippen molar-refractivity contribution in [2.24, 2.45) is 0 Å². The van der Waals surface area contributed by atoms with Crippen molar-refractivity contribution in [2.45, 2.75) is 19.8 Å². The first-order chi connectivity index (χ1) is 10.6. The highest BCUT2D eigenvalue weighted by molar-refractivity contribution is 7.12. The number of thiophene rings is 1. The zero-order valence-corrected chi connectivity index (χ0v) is 13.5. The Balaban J connectivity index is 1.93. The number of rotatable bonds is 1. The van der Waals surface area contributed by atoms with Gasteiger partial charge in [0.05, 0.1) is 11.4 Å². The van der Waals surface area contributed by atoms with Crippen LogP contribution in [0.25, 0.3) is 16.9 Å². The summed E-state index contributed by atoms with van der Waals surface area (Å²) in [7, 11) is 0. The zero-order valence-electron chi connectivity index (χ0n) is 12.0. The van der Waals surface area contributed by atoms with Crippen LogP contribution in [0.2, 0.25) is 5.02 Å². The number of halogens is 1. The van der Waals surface area contributed by atoms with Gasteiger partial charge in [0, 0.05) is 26.4 Å². The summed E-state index contributed by atoms with van der Waals surface area (Å²) < 4.78 is 1.46. The lowest BCUT2D eigenvalue weighted by molar-refractivity contribution is 0.786. The van der Waals surface area contributed by atoms with Crippen LogP contribution in [-0.2, 0) is 12.8 Å². The van der Waals surface area contributed by atoms with Crippen LogP contribution in [0, 0.1) is 6.92 Å². The number of nitrogens with zero attached hydrogens (tertiary/aromatic N) is 2. The number of aromatic nitrogens is 2. The van der Waals surface area contributed by atoms with Crippen LogP contribution in [0.5, 0.6) is 0 Å². The molecule has 0 bridgehead atoms. The molecule has 2 aromatic heterocycles. The molecule has 3 aromatic rings. The van der Waals surface area contributed by atoms with Crippen LogP contribution in [0.15, 0.2) is 41.2 Å². The van der Waals surface area contributed by atoms with Gasteiger partial charge in [0.25, 0.3) is 5.56 Å². The molecule has 2 heterocycles. The van der Waals surface area contributed by atoms with E-state index in [1.165, 1.54) is 20.0 Å². The molecule has 0 unspecified atom stereocenters. The molecule has 0 spiro atoms. The van der Waals surface area contributed by atoms with Crippen LogP contribution >= 0.6 is 22.9 Å². The average Bonchev–Trinajstić information content (AvgIpc) is 2.88. The molecule has 22 heavy (non-hydrogen) atoms. The maximum Gasteiger partial charge on any atom is 0.271 e. The highest BCUT2D eigenvalue weighted by Gasteiger charge is 2.21. The average molecular weight is 329 g/mol. The van der Waals surface area contributed by atoms with Crippen molar-refractivity contribution >= 4 is 22.9 Å². The molecule has 0 amide bonds. The Hall–Kier alpha value is -1.91. The second-order valence-corrected chi connectivity index (χ2v) is 7.22. The van der Waals surface area contributed by atoms with Crippen LogP contribution in [-0.4, -0.2) is 9.78 Å². The van der Waals surface area contributed by atoms with Crippen molar-refractivity contribution < 1.29 is 0 Å². The fourth-order valence-electron chi connectivity index (χ4n) is 2.87. The Kier molecular flexibility index (Phi) is 3.17. The fourth-order valence-corrected chi connectivity index (χ4v) is 4.03. The van der Waals surface area contributed by atoms with Gasteiger partial charge in [-0.3, -0.25) is 4.79 Å². The third-order valence-electron chi connectivity index (χ3n) is 3.89. The van der Waals surface area contributed by atoms with E-state index in [-0.39, 0.29) is 5.56 Å². The van der Waals surface area contributed by atoms with Gasteiger partial charge in [0.1, 0.15) is 0 Å². The Labute approximate surface area is 136 Å². The van der Waals surface area contributed by atoms with Crippen molar-refractivity contribution in [3.8, 4) is 16.9 Å². The van der Waals surface area contributed by atoms with E-state index in [0.29, 0.717) is 5.02 Å². The normalized spacial score (nSPS) is 12.8. The molecule has 4 rings (SSSR count). The summed E-state index contributed by atoms with van der Waals surface area (Å²) >= 11 is 7.73. The van der Waals surface area contributed by atoms with Crippen LogP contribution in [0.1, 0.15) is 15.3 Å². The largest absolute Gasteiger partial charge is 0.271 e. The van der Waals surface area contributed by atoms with E-state index in [9.17, 15) is 4.79 Å². The molecule has 0 saturated heterocycles. The monoisotopic (exact) mass is 328 g/mol. The summed E-state index contributed by atoms with van der Waals surface area (Å²) in [6, 6.07) is 11.0. The Morgan fingerprint density at radius 3 is 2.73 bits per heavy atom. The van der Waals surface area contributed by atoms with E-state index < -0.39 is 0 Å². The molecular weight excluding hydrogens is 316 g/mol. The Bertz CT molecular complexity index is 925. The first-order valence-corrected chi connectivity index (χ1v) is 8.30. The molecule has 1 aromatic carbocycles. The highest BCUT2D eigenvalue weighted by Crippen LogP contribution is 2.36. The zero-order chi connectivity index (χ0) is 15.3. The lowest BCUT2D eigenvalue weighted by atomic mass is 9.95. The summed E-state index contributed by atoms with van der Waals surface area (Å²) in [4.78, 5) is 15.0. The molecule has 0 aliphatic heterocycles. The van der Waals surface area contributed by atoms with Gasteiger partial charge in [0.15, 0.2) is 0 Å². The second kappa shape index (κ2) is 5.07. The van der Waals surface area contributed by atoms with Gasteiger partial charge < -0.3 is 0 Å². The molecule has 0 radical (unpaired) electrons. The SMILES string of the molecule is Cc1cc2c(s1)CCc1cc(=O)n(-c3ccc(Cl)cc3)nc1-2. The van der Waals surface area contributed by atoms with Crippen molar-refractivity contribution in [2.75, 3.05) is 0 Å². The predicted molar refractivity (Wildman–Crippen MR) is 90.3 cm³/mol. The summed E-state index contributed by atoms with van der Waals surface area (Å²) in [5.41, 5.74) is 3.78. The quantitative estimate of drug-likeness (QED) is 0.676. The molecular formula is C17H13ClN2OS. The molecule has 110 valence electrons. The minimum atomic E-state index is -0.100. The van der Waals surface area contributed by atoms with E-state index in [2.05, 4.69) is 18.1 Å². The lowest BCUT2D eigenvalue weighted by Gasteiger charge is -2.16. The van der Waals surface area contributed by atoms with Crippen molar-refractivity contribution in [3.05, 3.63) is 67.1 Å². The van der Waals surface area contributed by atoms with E-state index in [4.69, 9.17) is 11.6 Å². The first-order valence-electron chi connectivity index (χ1n) is 7.11. The number of hydrogen-bond acceptors (Lipinski definition) is 3. The number of aryl methyl sites for hydroxylation is 3. The van der Waals surface area contributed by atoms with Crippen molar-refractivity contribution in [3.63, 3.8) is 0 Å². The maximum atomic E-state index is 12.4. The van der Waals surface area contributed by atoms with Gasteiger partial charge >= 0.3 is 0 Å². The molecule has 1 aliphatic carbocycles. The number of benzene rings is 1. The highest BCUT2D eigenvalue weighted by atomic mass is 35.5. The van der Waals surface area contributed by atoms with Gasteiger partial charge in [-0.15, -0.1) is 11.3 Å². The predicted octanol–water partition coefficient (Wildman–Crippen LogP) is 4.02. The van der Waals surface area contributed by atoms with Crippen LogP contribution in [0.4, 0.5) is 0 Å². The second-order valence-electron chi connectivity index (χ2n) is 5.44. The Morgan fingerprint density at radius 2 is 1.95 bits per heavy atom. The smallest absolute Gasteiger partial charge is 0.267 e. The number of fused-ring (bicyclic) bond motifs is 3. The van der Waals surface area contributed by atoms with Gasteiger partial charge in [-0.25, -0.2) is 0 Å². The van der Waals surface area contributed by atoms with Gasteiger partial charge in [-0.05, 0) is 55.7 Å². The number of hydrogen-bond donors (Lipinski definition) is 0. The van der Waals surface area contributed by atoms with E-state index in [1.54, 1.807) is 18.2 Å². The summed E-state index contributed by atoms with van der Waals surface area (Å²) in [6.45, 7) is 2.11. The molecule has 0 fully saturated rings. The summed E-state index contributed by atoms with van der Waals surface area (Å²) in [5.74, 6) is 0. The minimum Gasteiger partial charge on any atom is -0.267 e. The van der Waals surface area contributed by atoms with E-state index in [1.807, 2.05) is 23.5 Å². The molecule has 5 heteroatoms. The Morgan fingerprint density at radius 1 is 1.18 bits per heavy atom. The van der Waals surface area contributed by atoms with Crippen LogP contribution < -0.4 is 5.56 Å². The van der Waals surface area contributed by atoms with Gasteiger partial charge in [-0.1, -0.05) is 11.6 Å². The van der Waals surface area contributed by atoms with Crippen molar-refractivity contribution in [1.82, 2.24) is 9.78 Å². The van der Waals surface area contributed by atoms with Gasteiger partial charge in [0.2, 0.25) is 0 Å². The molecule has 1 aliphatic rings. The summed E-state index contributed by atoms with van der Waals surface area (Å²) in [6.07, 6.45) is 1.87. The topological polar surface area (TPSA) is 34.9 Å². The van der Waals surface area contributed by atoms with Gasteiger partial charge in [-0.2, -0.15) is 9.78 Å². The third-order valence-corrected chi connectivity index (χ3v) is 5.25. The molecule has 0 atom stereocenters. The fraction of sp³-hybridized carbons (Fsp3) is 0.176. The molecule has 3 nitrogen and oxygen atoms in total. The van der Waals surface area contributed by atoms with E-state index in [0.717, 1.165) is 29.8 Å². The molecule has 0 saturated carbocycles.